The highest BCUT2D eigenvalue weighted by molar-refractivity contribution is 5.80. The lowest BCUT2D eigenvalue weighted by Crippen LogP contribution is -2.32. The van der Waals surface area contributed by atoms with E-state index in [0.29, 0.717) is 6.54 Å². The molecule has 1 fully saturated rings. The van der Waals surface area contributed by atoms with Gasteiger partial charge < -0.3 is 15.2 Å². The smallest absolute Gasteiger partial charge is 0.303 e. The zero-order chi connectivity index (χ0) is 14.6. The number of rotatable bonds is 7. The van der Waals surface area contributed by atoms with Crippen molar-refractivity contribution >= 4 is 11.9 Å². The molecule has 5 nitrogen and oxygen atoms in total. The molecule has 0 aromatic heterocycles. The van der Waals surface area contributed by atoms with Gasteiger partial charge in [-0.15, -0.1) is 0 Å². The minimum Gasteiger partial charge on any atom is -0.496 e. The maximum Gasteiger partial charge on any atom is 0.303 e. The van der Waals surface area contributed by atoms with Crippen LogP contribution in [0.25, 0.3) is 0 Å². The Balaban J connectivity index is 1.95. The van der Waals surface area contributed by atoms with E-state index in [0.717, 1.165) is 24.2 Å². The van der Waals surface area contributed by atoms with Crippen LogP contribution in [0.1, 0.15) is 31.2 Å². The predicted molar refractivity (Wildman–Crippen MR) is 73.8 cm³/mol. The quantitative estimate of drug-likeness (QED) is 0.795. The van der Waals surface area contributed by atoms with Crippen LogP contribution in [-0.4, -0.2) is 30.6 Å². The van der Waals surface area contributed by atoms with E-state index >= 15 is 0 Å². The number of amides is 1. The molecule has 0 bridgehead atoms. The molecule has 0 unspecified atom stereocenters. The molecule has 0 atom stereocenters. The summed E-state index contributed by atoms with van der Waals surface area (Å²) in [6.07, 6.45) is 1.91. The second-order valence-electron chi connectivity index (χ2n) is 5.15. The Morgan fingerprint density at radius 3 is 2.60 bits per heavy atom. The Kier molecular flexibility index (Phi) is 4.27. The second-order valence-corrected chi connectivity index (χ2v) is 5.15. The standard InChI is InChI=1S/C15H19NO4/c1-20-12-5-3-2-4-11(12)15(8-9-15)10-16-13(17)6-7-14(18)19/h2-5H,6-10H2,1H3,(H,16,17)(H,18,19). The van der Waals surface area contributed by atoms with Gasteiger partial charge in [-0.1, -0.05) is 18.2 Å². The number of carbonyl (C=O) groups excluding carboxylic acids is 1. The lowest BCUT2D eigenvalue weighted by Gasteiger charge is -2.19. The fourth-order valence-corrected chi connectivity index (χ4v) is 2.35. The van der Waals surface area contributed by atoms with Crippen LogP contribution < -0.4 is 10.1 Å². The molecule has 1 aliphatic rings. The first-order valence-corrected chi connectivity index (χ1v) is 6.69. The largest absolute Gasteiger partial charge is 0.496 e. The molecule has 1 saturated carbocycles. The Morgan fingerprint density at radius 2 is 2.00 bits per heavy atom. The molecule has 0 aliphatic heterocycles. The van der Waals surface area contributed by atoms with Gasteiger partial charge in [-0.25, -0.2) is 0 Å². The third kappa shape index (κ3) is 3.29. The summed E-state index contributed by atoms with van der Waals surface area (Å²) in [6.45, 7) is 0.534. The summed E-state index contributed by atoms with van der Waals surface area (Å²) in [6, 6.07) is 7.82. The Hall–Kier alpha value is -2.04. The highest BCUT2D eigenvalue weighted by Crippen LogP contribution is 2.50. The third-order valence-electron chi connectivity index (χ3n) is 3.72. The number of carboxylic acid groups (broad SMARTS) is 1. The normalized spacial score (nSPS) is 15.4. The molecule has 2 rings (SSSR count). The van der Waals surface area contributed by atoms with Crippen molar-refractivity contribution in [2.75, 3.05) is 13.7 Å². The summed E-state index contributed by atoms with van der Waals surface area (Å²) >= 11 is 0. The van der Waals surface area contributed by atoms with Gasteiger partial charge in [0.15, 0.2) is 0 Å². The Bertz CT molecular complexity index is 508. The number of carbonyl (C=O) groups is 2. The van der Waals surface area contributed by atoms with Crippen LogP contribution >= 0.6 is 0 Å². The van der Waals surface area contributed by atoms with Crippen molar-refractivity contribution in [2.45, 2.75) is 31.1 Å². The Labute approximate surface area is 117 Å². The van der Waals surface area contributed by atoms with Crippen LogP contribution in [0.2, 0.25) is 0 Å². The molecule has 0 heterocycles. The van der Waals surface area contributed by atoms with Gasteiger partial charge in [0.05, 0.1) is 13.5 Å². The average molecular weight is 277 g/mol. The van der Waals surface area contributed by atoms with E-state index in [9.17, 15) is 9.59 Å². The number of carboxylic acids is 1. The predicted octanol–water partition coefficient (Wildman–Crippen LogP) is 1.71. The zero-order valence-electron chi connectivity index (χ0n) is 11.5. The van der Waals surface area contributed by atoms with E-state index in [4.69, 9.17) is 9.84 Å². The van der Waals surface area contributed by atoms with Crippen molar-refractivity contribution in [3.63, 3.8) is 0 Å². The lowest BCUT2D eigenvalue weighted by atomic mass is 9.95. The molecule has 0 saturated heterocycles. The lowest BCUT2D eigenvalue weighted by molar-refractivity contribution is -0.138. The maximum absolute atomic E-state index is 11.6. The van der Waals surface area contributed by atoms with Crippen molar-refractivity contribution in [3.05, 3.63) is 29.8 Å². The van der Waals surface area contributed by atoms with E-state index < -0.39 is 5.97 Å². The molecule has 1 aromatic rings. The van der Waals surface area contributed by atoms with Gasteiger partial charge in [0.2, 0.25) is 5.91 Å². The molecule has 1 aromatic carbocycles. The molecule has 5 heteroatoms. The van der Waals surface area contributed by atoms with Crippen LogP contribution in [0.15, 0.2) is 24.3 Å². The number of para-hydroxylation sites is 1. The molecule has 1 aliphatic carbocycles. The van der Waals surface area contributed by atoms with Crippen LogP contribution in [0.4, 0.5) is 0 Å². The Morgan fingerprint density at radius 1 is 1.30 bits per heavy atom. The van der Waals surface area contributed by atoms with Crippen LogP contribution in [0.3, 0.4) is 0 Å². The summed E-state index contributed by atoms with van der Waals surface area (Å²) in [7, 11) is 1.64. The molecule has 20 heavy (non-hydrogen) atoms. The van der Waals surface area contributed by atoms with Crippen molar-refractivity contribution in [1.82, 2.24) is 5.32 Å². The highest BCUT2D eigenvalue weighted by Gasteiger charge is 2.46. The monoisotopic (exact) mass is 277 g/mol. The summed E-state index contributed by atoms with van der Waals surface area (Å²) in [5.74, 6) is -0.329. The number of benzene rings is 1. The number of hydrogen-bond donors (Lipinski definition) is 2. The van der Waals surface area contributed by atoms with Gasteiger partial charge in [0.1, 0.15) is 5.75 Å². The van der Waals surface area contributed by atoms with Gasteiger partial charge in [0.25, 0.3) is 0 Å². The number of nitrogens with one attached hydrogen (secondary N) is 1. The fourth-order valence-electron chi connectivity index (χ4n) is 2.35. The van der Waals surface area contributed by atoms with Crippen molar-refractivity contribution in [2.24, 2.45) is 0 Å². The molecule has 1 amide bonds. The molecule has 0 spiro atoms. The van der Waals surface area contributed by atoms with Crippen molar-refractivity contribution in [3.8, 4) is 5.75 Å². The summed E-state index contributed by atoms with van der Waals surface area (Å²) in [5, 5.41) is 11.4. The van der Waals surface area contributed by atoms with E-state index in [-0.39, 0.29) is 24.2 Å². The summed E-state index contributed by atoms with van der Waals surface area (Å²) in [5.41, 5.74) is 1.06. The molecule has 0 radical (unpaired) electrons. The molecular weight excluding hydrogens is 258 g/mol. The topological polar surface area (TPSA) is 75.6 Å². The first kappa shape index (κ1) is 14.4. The number of ether oxygens (including phenoxy) is 1. The second kappa shape index (κ2) is 5.94. The van der Waals surface area contributed by atoms with E-state index in [1.807, 2.05) is 24.3 Å². The van der Waals surface area contributed by atoms with Gasteiger partial charge in [-0.05, 0) is 18.9 Å². The molecule has 108 valence electrons. The van der Waals surface area contributed by atoms with E-state index in [1.165, 1.54) is 0 Å². The first-order valence-electron chi connectivity index (χ1n) is 6.69. The first-order chi connectivity index (χ1) is 9.57. The van der Waals surface area contributed by atoms with E-state index in [1.54, 1.807) is 7.11 Å². The van der Waals surface area contributed by atoms with Crippen molar-refractivity contribution in [1.29, 1.82) is 0 Å². The minimum atomic E-state index is -0.953. The highest BCUT2D eigenvalue weighted by atomic mass is 16.5. The summed E-state index contributed by atoms with van der Waals surface area (Å²) in [4.78, 5) is 22.0. The maximum atomic E-state index is 11.6. The number of hydrogen-bond acceptors (Lipinski definition) is 3. The summed E-state index contributed by atoms with van der Waals surface area (Å²) < 4.78 is 5.37. The van der Waals surface area contributed by atoms with Gasteiger partial charge in [0, 0.05) is 23.9 Å². The number of methoxy groups -OCH3 is 1. The van der Waals surface area contributed by atoms with Gasteiger partial charge in [-0.2, -0.15) is 0 Å². The third-order valence-corrected chi connectivity index (χ3v) is 3.72. The molecule has 2 N–H and O–H groups in total. The fraction of sp³-hybridized carbons (Fsp3) is 0.467. The van der Waals surface area contributed by atoms with Crippen molar-refractivity contribution < 1.29 is 19.4 Å². The number of aliphatic carboxylic acids is 1. The average Bonchev–Trinajstić information content (AvgIpc) is 3.24. The SMILES string of the molecule is COc1ccccc1C1(CNC(=O)CCC(=O)O)CC1. The van der Waals surface area contributed by atoms with Crippen LogP contribution in [0.5, 0.6) is 5.75 Å². The zero-order valence-corrected chi connectivity index (χ0v) is 11.5. The minimum absolute atomic E-state index is 0.0251. The van der Waals surface area contributed by atoms with Gasteiger partial charge in [-0.3, -0.25) is 9.59 Å². The van der Waals surface area contributed by atoms with E-state index in [2.05, 4.69) is 5.32 Å². The van der Waals surface area contributed by atoms with Crippen LogP contribution in [0, 0.1) is 0 Å². The molecular formula is C15H19NO4. The van der Waals surface area contributed by atoms with Gasteiger partial charge >= 0.3 is 5.97 Å². The van der Waals surface area contributed by atoms with Crippen LogP contribution in [-0.2, 0) is 15.0 Å².